The van der Waals surface area contributed by atoms with Gasteiger partial charge in [0.15, 0.2) is 54.1 Å². The molecule has 0 unspecified atom stereocenters. The van der Waals surface area contributed by atoms with Crippen molar-refractivity contribution < 1.29 is 59.4 Å². The van der Waals surface area contributed by atoms with Gasteiger partial charge in [-0.05, 0) is 203 Å². The molecule has 0 aliphatic carbocycles. The third kappa shape index (κ3) is 20.2. The molecule has 47 heteroatoms. The molecule has 18 heterocycles. The second-order valence-corrected chi connectivity index (χ2v) is 37.7. The highest BCUT2D eigenvalue weighted by Gasteiger charge is 2.37. The van der Waals surface area contributed by atoms with Crippen LogP contribution in [0.5, 0.6) is 0 Å². The highest BCUT2D eigenvalue weighted by atomic mass is 32.1. The number of alkyl halides is 3. The number of aromatic nitrogens is 17. The summed E-state index contributed by atoms with van der Waals surface area (Å²) < 4.78 is 99.7. The number of rotatable bonds is 21. The van der Waals surface area contributed by atoms with E-state index in [1.807, 2.05) is 60.4 Å². The molecule has 0 saturated carbocycles. The van der Waals surface area contributed by atoms with Gasteiger partial charge in [0.2, 0.25) is 0 Å². The summed E-state index contributed by atoms with van der Waals surface area (Å²) in [5.74, 6) is 0.934. The Bertz CT molecular complexity index is 7280. The van der Waals surface area contributed by atoms with E-state index >= 15 is 0 Å². The Morgan fingerprint density at radius 3 is 1.09 bits per heavy atom. The summed E-state index contributed by atoms with van der Waals surface area (Å²) in [5.41, 5.74) is 10.9. The van der Waals surface area contributed by atoms with Crippen molar-refractivity contribution in [2.24, 2.45) is 0 Å². The van der Waals surface area contributed by atoms with Gasteiger partial charge in [0, 0.05) is 120 Å². The van der Waals surface area contributed by atoms with Crippen molar-refractivity contribution in [3.8, 4) is 0 Å². The summed E-state index contributed by atoms with van der Waals surface area (Å²) in [6, 6.07) is 24.6. The third-order valence-electron chi connectivity index (χ3n) is 23.5. The van der Waals surface area contributed by atoms with Crippen LogP contribution in [0.1, 0.15) is 102 Å². The number of halogens is 7. The quantitative estimate of drug-likeness (QED) is 0.0329. The second kappa shape index (κ2) is 40.7. The van der Waals surface area contributed by atoms with Crippen LogP contribution in [0.4, 0.5) is 88.3 Å². The molecule has 35 nitrogen and oxygen atoms in total. The molecule has 0 atom stereocenters. The summed E-state index contributed by atoms with van der Waals surface area (Å²) >= 11 is 6.13. The monoisotopic (exact) mass is 1970 g/mol. The molecule has 7 aliphatic heterocycles. The summed E-state index contributed by atoms with van der Waals surface area (Å²) in [4.78, 5) is 145. The number of hydrogen-bond acceptors (Lipinski definition) is 34. The van der Waals surface area contributed by atoms with Gasteiger partial charge in [-0.25, -0.2) is 92.3 Å². The number of amides is 5. The first-order chi connectivity index (χ1) is 67.0. The molecule has 2 fully saturated rings. The molecular formula is C91H84F7N29O6S5. The Morgan fingerprint density at radius 1 is 0.420 bits per heavy atom. The van der Waals surface area contributed by atoms with E-state index in [9.17, 15) is 54.7 Å². The van der Waals surface area contributed by atoms with Gasteiger partial charge in [-0.2, -0.15) is 18.3 Å². The van der Waals surface area contributed by atoms with Crippen LogP contribution in [-0.2, 0) is 49.6 Å². The number of thiazole rings is 5. The number of anilines is 10. The maximum absolute atomic E-state index is 13.5. The fourth-order valence-electron chi connectivity index (χ4n) is 16.8. The number of ether oxygens (including phenoxy) is 1. The molecule has 16 aromatic rings. The van der Waals surface area contributed by atoms with Crippen LogP contribution >= 0.6 is 56.7 Å². The molecule has 0 radical (unpaired) electrons. The van der Waals surface area contributed by atoms with Crippen LogP contribution in [0.15, 0.2) is 141 Å². The Kier molecular flexibility index (Phi) is 27.4. The molecule has 0 spiro atoms. The van der Waals surface area contributed by atoms with Crippen molar-refractivity contribution in [3.05, 3.63) is 223 Å². The van der Waals surface area contributed by atoms with E-state index in [4.69, 9.17) is 4.74 Å². The normalized spacial score (nSPS) is 14.7. The Morgan fingerprint density at radius 2 is 0.761 bits per heavy atom. The smallest absolute Gasteiger partial charge is 0.377 e. The molecular weight excluding hydrogens is 1890 g/mol. The Balaban J connectivity index is 0.000000110. The topological polar surface area (TPSA) is 389 Å². The van der Waals surface area contributed by atoms with E-state index in [0.717, 1.165) is 127 Å². The summed E-state index contributed by atoms with van der Waals surface area (Å²) in [6.07, 6.45) is 13.2. The lowest BCUT2D eigenvalue weighted by Gasteiger charge is -2.26. The number of aryl methyl sites for hydroxylation is 1. The molecule has 0 bridgehead atoms. The zero-order valence-electron chi connectivity index (χ0n) is 74.0. The van der Waals surface area contributed by atoms with Crippen LogP contribution in [0.3, 0.4) is 0 Å². The number of nitrogens with zero attached hydrogens (tertiary/aromatic N) is 24. The fraction of sp³-hybridized carbons (Fsp3) is 0.308. The molecule has 2 saturated heterocycles. The lowest BCUT2D eigenvalue weighted by atomic mass is 10.1. The predicted octanol–water partition coefficient (Wildman–Crippen LogP) is 13.1. The first-order valence-corrected chi connectivity index (χ1v) is 48.1. The standard InChI is InChI=1S/C20H18FN7OS.C20H21FN6OS.C18H19FN6OS.C17H14FN5O2S.C16H12F3N5OS/c21-14-3-4-15-13(11-14)5-10-28(15)17-16-19(24-12-23-17)30-20(26-16)18(29)22-6-1-8-27-9-2-7-25-27;21-14-3-4-15-13(11-14)5-9-27(15)17-16-19(24-12-23-17)29-20(25-16)18(28)22-6-10-26-7-1-2-8-26;1-24(2)8-6-20-16(26)18-23-14-15(21-10-22-17(14)27-18)25-7-5-11-9-12(19)3-4-13(11)25;18-10-1-2-12-9(5-10)3-4-23(12)14-13-16(20-8-19-14)26-17(22-13)15(24)21-11-6-25-7-11;1-20-13(25)15-23-11-12(21-7-22-14(11)26-15)24-5-4-8-6-9(16(17,18)19)2-3-10(8)24/h2-4,7,9,11-12H,1,5-6,8,10H2,(H,22,29);3-4,11-12H,1-2,5-10H2,(H,22,28);3-4,9-10H,5-8H2,1-2H3,(H,20,26);1-2,5,8,11H,3-4,6-7H2,(H,21,24);2-3,6-7H,4-5H2,1H3,(H,20,25). The van der Waals surface area contributed by atoms with Gasteiger partial charge in [0.25, 0.3) is 29.5 Å². The minimum absolute atomic E-state index is 0.0421. The summed E-state index contributed by atoms with van der Waals surface area (Å²) in [6.45, 7) is 10.5. The molecule has 138 heavy (non-hydrogen) atoms. The van der Waals surface area contributed by atoms with Crippen molar-refractivity contribution in [2.45, 2.75) is 70.1 Å². The Hall–Kier alpha value is -14.1. The van der Waals surface area contributed by atoms with Crippen molar-refractivity contribution in [2.75, 3.05) is 137 Å². The van der Waals surface area contributed by atoms with Crippen molar-refractivity contribution in [1.29, 1.82) is 0 Å². The third-order valence-corrected chi connectivity index (χ3v) is 28.4. The van der Waals surface area contributed by atoms with Gasteiger partial charge < -0.3 is 65.6 Å². The number of nitrogens with one attached hydrogen (secondary N) is 5. The highest BCUT2D eigenvalue weighted by molar-refractivity contribution is 7.21. The van der Waals surface area contributed by atoms with E-state index in [-0.39, 0.29) is 63.9 Å². The van der Waals surface area contributed by atoms with E-state index < -0.39 is 11.7 Å². The van der Waals surface area contributed by atoms with Gasteiger partial charge in [0.1, 0.15) is 107 Å². The van der Waals surface area contributed by atoms with Crippen LogP contribution in [0.2, 0.25) is 0 Å². The average Bonchev–Trinajstić information content (AvgIpc) is 1.63. The van der Waals surface area contributed by atoms with Crippen LogP contribution in [-0.4, -0.2) is 243 Å². The first kappa shape index (κ1) is 92.9. The van der Waals surface area contributed by atoms with E-state index in [1.165, 1.54) is 133 Å². The van der Waals surface area contributed by atoms with Crippen molar-refractivity contribution >= 4 is 195 Å². The first-order valence-electron chi connectivity index (χ1n) is 44.1. The predicted molar refractivity (Wildman–Crippen MR) is 510 cm³/mol. The maximum atomic E-state index is 13.5. The van der Waals surface area contributed by atoms with Gasteiger partial charge in [-0.1, -0.05) is 56.7 Å². The molecule has 708 valence electrons. The van der Waals surface area contributed by atoms with Crippen LogP contribution in [0, 0.1) is 23.3 Å². The van der Waals surface area contributed by atoms with Crippen molar-refractivity contribution in [3.63, 3.8) is 0 Å². The Labute approximate surface area is 801 Å². The van der Waals surface area contributed by atoms with Gasteiger partial charge in [-0.15, -0.1) is 0 Å². The average molecular weight is 1970 g/mol. The highest BCUT2D eigenvalue weighted by Crippen LogP contribution is 2.45. The molecule has 5 aromatic carbocycles. The SMILES string of the molecule is CN(C)CCNC(=O)c1nc2c(N3CCc4cc(F)ccc43)ncnc2s1.CNC(=O)c1nc2c(N3CCc4cc(C(F)(F)F)ccc43)ncnc2s1.O=C(NC1COC1)c1nc2c(N3CCc4cc(F)ccc43)ncnc2s1.O=C(NCCCn1cccn1)c1nc2c(N3CCc4cc(F)ccc43)ncnc2s1.O=C(NCCN1CCCC1)c1nc2c(N3CCc4cc(F)ccc43)ncnc2s1. The minimum atomic E-state index is -4.37. The molecule has 5 amide bonds. The number of likely N-dealkylation sites (tertiary alicyclic amines) is 1. The van der Waals surface area contributed by atoms with Crippen LogP contribution in [0.25, 0.3) is 51.7 Å². The number of benzene rings is 5. The zero-order valence-corrected chi connectivity index (χ0v) is 78.1. The molecule has 7 aliphatic rings. The van der Waals surface area contributed by atoms with E-state index in [1.54, 1.807) is 54.7 Å². The number of likely N-dealkylation sites (N-methyl/N-ethyl adjacent to an activating group) is 1. The van der Waals surface area contributed by atoms with Gasteiger partial charge in [0.05, 0.1) is 24.8 Å². The van der Waals surface area contributed by atoms with E-state index in [0.29, 0.717) is 184 Å². The number of carbonyl (C=O) groups is 5. The number of carbonyl (C=O) groups excluding carboxylic acids is 5. The largest absolute Gasteiger partial charge is 0.416 e. The zero-order chi connectivity index (χ0) is 95.4. The lowest BCUT2D eigenvalue weighted by Crippen LogP contribution is -2.48. The molecule has 11 aromatic heterocycles. The summed E-state index contributed by atoms with van der Waals surface area (Å²) in [7, 11) is 5.41. The number of hydrogen-bond donors (Lipinski definition) is 5. The minimum Gasteiger partial charge on any atom is -0.377 e. The molecule has 23 rings (SSSR count). The van der Waals surface area contributed by atoms with Crippen LogP contribution < -0.4 is 51.1 Å². The van der Waals surface area contributed by atoms with Gasteiger partial charge in [-0.3, -0.25) is 28.7 Å². The maximum Gasteiger partial charge on any atom is 0.416 e. The fourth-order valence-corrected chi connectivity index (χ4v) is 21.0. The van der Waals surface area contributed by atoms with E-state index in [2.05, 4.69) is 111 Å². The van der Waals surface area contributed by atoms with Crippen molar-refractivity contribution in [1.82, 2.24) is 121 Å². The lowest BCUT2D eigenvalue weighted by molar-refractivity contribution is -0.137. The second-order valence-electron chi connectivity index (χ2n) is 32.8. The molecule has 5 N–H and O–H groups in total. The number of fused-ring (bicyclic) bond motifs is 10. The summed E-state index contributed by atoms with van der Waals surface area (Å²) in [5, 5.41) is 20.0. The van der Waals surface area contributed by atoms with Gasteiger partial charge >= 0.3 is 6.18 Å².